The molecule has 3 heteroatoms. The molecule has 0 amide bonds. The summed E-state index contributed by atoms with van der Waals surface area (Å²) >= 11 is 5.85. The molecule has 1 aromatic rings. The van der Waals surface area contributed by atoms with Crippen molar-refractivity contribution >= 4 is 17.6 Å². The summed E-state index contributed by atoms with van der Waals surface area (Å²) in [5, 5.41) is 9.73. The molecule has 1 atom stereocenters. The van der Waals surface area contributed by atoms with Crippen LogP contribution in [0.15, 0.2) is 35.9 Å². The summed E-state index contributed by atoms with van der Waals surface area (Å²) in [6, 6.07) is 7.02. The molecule has 0 saturated heterocycles. The molecule has 1 rings (SSSR count). The third kappa shape index (κ3) is 3.70. The number of allylic oxidation sites excluding steroid dienone is 2. The predicted octanol–water partition coefficient (Wildman–Crippen LogP) is 3.86. The number of carbonyl (C=O) groups is 1. The van der Waals surface area contributed by atoms with E-state index in [1.165, 1.54) is 0 Å². The Hall–Kier alpha value is -1.28. The van der Waals surface area contributed by atoms with Crippen molar-refractivity contribution in [1.82, 2.24) is 0 Å². The maximum atomic E-state index is 11.2. The van der Waals surface area contributed by atoms with Crippen molar-refractivity contribution in [3.63, 3.8) is 0 Å². The van der Waals surface area contributed by atoms with E-state index in [0.29, 0.717) is 11.4 Å². The van der Waals surface area contributed by atoms with Gasteiger partial charge in [-0.2, -0.15) is 0 Å². The summed E-state index contributed by atoms with van der Waals surface area (Å²) in [6.45, 7) is 3.91. The molecule has 0 heterocycles. The molecule has 0 bridgehead atoms. The molecular formula is C13H15ClO2. The van der Waals surface area contributed by atoms with Crippen molar-refractivity contribution in [2.45, 2.75) is 26.2 Å². The van der Waals surface area contributed by atoms with E-state index < -0.39 is 11.9 Å². The Morgan fingerprint density at radius 3 is 2.69 bits per heavy atom. The van der Waals surface area contributed by atoms with Gasteiger partial charge in [-0.15, -0.1) is 0 Å². The van der Waals surface area contributed by atoms with E-state index in [9.17, 15) is 4.79 Å². The fourth-order valence-corrected chi connectivity index (χ4v) is 1.66. The molecule has 0 aliphatic carbocycles. The lowest BCUT2D eigenvalue weighted by atomic mass is 9.95. The second kappa shape index (κ2) is 5.71. The summed E-state index contributed by atoms with van der Waals surface area (Å²) in [5.41, 5.74) is 1.87. The van der Waals surface area contributed by atoms with Crippen molar-refractivity contribution in [3.8, 4) is 0 Å². The fourth-order valence-electron chi connectivity index (χ4n) is 1.46. The van der Waals surface area contributed by atoms with Crippen LogP contribution in [-0.2, 0) is 4.79 Å². The predicted molar refractivity (Wildman–Crippen MR) is 65.9 cm³/mol. The van der Waals surface area contributed by atoms with Crippen molar-refractivity contribution < 1.29 is 9.90 Å². The average molecular weight is 239 g/mol. The number of halogens is 1. The van der Waals surface area contributed by atoms with Gasteiger partial charge in [0, 0.05) is 5.02 Å². The van der Waals surface area contributed by atoms with Gasteiger partial charge in [0.15, 0.2) is 0 Å². The van der Waals surface area contributed by atoms with E-state index in [1.807, 2.05) is 19.9 Å². The zero-order valence-electron chi connectivity index (χ0n) is 9.40. The zero-order chi connectivity index (χ0) is 12.1. The van der Waals surface area contributed by atoms with Gasteiger partial charge in [-0.1, -0.05) is 35.4 Å². The highest BCUT2D eigenvalue weighted by atomic mass is 35.5. The minimum absolute atomic E-state index is 0.498. The number of carboxylic acid groups (broad SMARTS) is 1. The van der Waals surface area contributed by atoms with Gasteiger partial charge in [0.1, 0.15) is 0 Å². The molecule has 0 aliphatic rings. The molecule has 1 aromatic carbocycles. The van der Waals surface area contributed by atoms with Crippen LogP contribution in [0, 0.1) is 0 Å². The van der Waals surface area contributed by atoms with Gasteiger partial charge in [0.25, 0.3) is 0 Å². The zero-order valence-corrected chi connectivity index (χ0v) is 10.2. The van der Waals surface area contributed by atoms with Crippen LogP contribution in [0.25, 0.3) is 0 Å². The minimum atomic E-state index is -0.820. The number of hydrogen-bond donors (Lipinski definition) is 1. The standard InChI is InChI=1S/C13H15ClO2/c1-9(2)6-7-12(13(15)16)10-4-3-5-11(14)8-10/h3-6,8,12H,7H2,1-2H3,(H,15,16). The van der Waals surface area contributed by atoms with Gasteiger partial charge in [-0.05, 0) is 38.0 Å². The molecule has 0 spiro atoms. The number of hydrogen-bond acceptors (Lipinski definition) is 1. The van der Waals surface area contributed by atoms with Crippen LogP contribution in [0.1, 0.15) is 31.7 Å². The molecule has 16 heavy (non-hydrogen) atoms. The lowest BCUT2D eigenvalue weighted by Gasteiger charge is -2.11. The first-order chi connectivity index (χ1) is 7.50. The van der Waals surface area contributed by atoms with E-state index in [-0.39, 0.29) is 0 Å². The van der Waals surface area contributed by atoms with Gasteiger partial charge in [0.05, 0.1) is 5.92 Å². The summed E-state index contributed by atoms with van der Waals surface area (Å²) in [4.78, 5) is 11.2. The highest BCUT2D eigenvalue weighted by Gasteiger charge is 2.18. The molecule has 2 nitrogen and oxygen atoms in total. The van der Waals surface area contributed by atoms with Crippen molar-refractivity contribution in [2.24, 2.45) is 0 Å². The van der Waals surface area contributed by atoms with Gasteiger partial charge >= 0.3 is 5.97 Å². The molecule has 0 fully saturated rings. The first-order valence-corrected chi connectivity index (χ1v) is 5.50. The summed E-state index contributed by atoms with van der Waals surface area (Å²) in [6.07, 6.45) is 2.43. The number of rotatable bonds is 4. The van der Waals surface area contributed by atoms with Crippen LogP contribution in [0.2, 0.25) is 5.02 Å². The Balaban J connectivity index is 2.94. The van der Waals surface area contributed by atoms with Crippen molar-refractivity contribution in [1.29, 1.82) is 0 Å². The van der Waals surface area contributed by atoms with Crippen molar-refractivity contribution in [3.05, 3.63) is 46.5 Å². The summed E-state index contributed by atoms with van der Waals surface area (Å²) in [7, 11) is 0. The third-order valence-corrected chi connectivity index (χ3v) is 2.55. The molecule has 0 saturated carbocycles. The molecule has 0 radical (unpaired) electrons. The lowest BCUT2D eigenvalue weighted by Crippen LogP contribution is -2.10. The Morgan fingerprint density at radius 2 is 2.19 bits per heavy atom. The van der Waals surface area contributed by atoms with Crippen LogP contribution in [-0.4, -0.2) is 11.1 Å². The van der Waals surface area contributed by atoms with Crippen LogP contribution in [0.3, 0.4) is 0 Å². The number of carboxylic acids is 1. The molecule has 86 valence electrons. The summed E-state index contributed by atoms with van der Waals surface area (Å²) in [5.74, 6) is -1.34. The van der Waals surface area contributed by atoms with Crippen LogP contribution >= 0.6 is 11.6 Å². The second-order valence-electron chi connectivity index (χ2n) is 3.96. The van der Waals surface area contributed by atoms with E-state index in [2.05, 4.69) is 0 Å². The summed E-state index contributed by atoms with van der Waals surface area (Å²) < 4.78 is 0. The Kier molecular flexibility index (Phi) is 4.56. The lowest BCUT2D eigenvalue weighted by molar-refractivity contribution is -0.138. The first-order valence-electron chi connectivity index (χ1n) is 5.12. The van der Waals surface area contributed by atoms with E-state index >= 15 is 0 Å². The second-order valence-corrected chi connectivity index (χ2v) is 4.40. The van der Waals surface area contributed by atoms with Crippen LogP contribution < -0.4 is 0 Å². The van der Waals surface area contributed by atoms with Gasteiger partial charge in [-0.3, -0.25) is 4.79 Å². The first kappa shape index (κ1) is 12.8. The van der Waals surface area contributed by atoms with E-state index in [4.69, 9.17) is 16.7 Å². The molecule has 1 N–H and O–H groups in total. The Morgan fingerprint density at radius 1 is 1.50 bits per heavy atom. The highest BCUT2D eigenvalue weighted by Crippen LogP contribution is 2.23. The van der Waals surface area contributed by atoms with Gasteiger partial charge in [-0.25, -0.2) is 0 Å². The maximum Gasteiger partial charge on any atom is 0.311 e. The average Bonchev–Trinajstić information content (AvgIpc) is 2.17. The molecule has 0 aliphatic heterocycles. The van der Waals surface area contributed by atoms with Gasteiger partial charge < -0.3 is 5.11 Å². The fraction of sp³-hybridized carbons (Fsp3) is 0.308. The Labute approximate surface area is 101 Å². The molecule has 0 aromatic heterocycles. The van der Waals surface area contributed by atoms with Crippen LogP contribution in [0.5, 0.6) is 0 Å². The van der Waals surface area contributed by atoms with E-state index in [0.717, 1.165) is 11.1 Å². The normalized spacial score (nSPS) is 11.9. The number of benzene rings is 1. The third-order valence-electron chi connectivity index (χ3n) is 2.31. The smallest absolute Gasteiger partial charge is 0.311 e. The quantitative estimate of drug-likeness (QED) is 0.809. The number of aliphatic carboxylic acids is 1. The molecular weight excluding hydrogens is 224 g/mol. The SMILES string of the molecule is CC(C)=CCC(C(=O)O)c1cccc(Cl)c1. The largest absolute Gasteiger partial charge is 0.481 e. The van der Waals surface area contributed by atoms with E-state index in [1.54, 1.807) is 24.3 Å². The topological polar surface area (TPSA) is 37.3 Å². The van der Waals surface area contributed by atoms with Crippen molar-refractivity contribution in [2.75, 3.05) is 0 Å². The monoisotopic (exact) mass is 238 g/mol. The molecule has 1 unspecified atom stereocenters. The maximum absolute atomic E-state index is 11.2. The highest BCUT2D eigenvalue weighted by molar-refractivity contribution is 6.30. The van der Waals surface area contributed by atoms with Gasteiger partial charge in [0.2, 0.25) is 0 Å². The van der Waals surface area contributed by atoms with Crippen LogP contribution in [0.4, 0.5) is 0 Å². The Bertz CT molecular complexity index is 406. The minimum Gasteiger partial charge on any atom is -0.481 e.